The third-order valence-electron chi connectivity index (χ3n) is 6.70. The Hall–Kier alpha value is -2.84. The second-order valence-corrected chi connectivity index (χ2v) is 11.1. The van der Waals surface area contributed by atoms with Gasteiger partial charge in [0, 0.05) is 44.1 Å². The number of esters is 1. The lowest BCUT2D eigenvalue weighted by Crippen LogP contribution is -2.45. The summed E-state index contributed by atoms with van der Waals surface area (Å²) in [4.78, 5) is 22.3. The molecule has 4 rings (SSSR count). The summed E-state index contributed by atoms with van der Waals surface area (Å²) in [6, 6.07) is 6.25. The van der Waals surface area contributed by atoms with Crippen LogP contribution in [0, 0.1) is 0 Å². The maximum Gasteiger partial charge on any atom is 0.341 e. The Balaban J connectivity index is 1.20. The van der Waals surface area contributed by atoms with Crippen LogP contribution in [0.2, 0.25) is 0 Å². The van der Waals surface area contributed by atoms with E-state index in [0.717, 1.165) is 32.4 Å². The van der Waals surface area contributed by atoms with Crippen LogP contribution in [0.4, 0.5) is 5.95 Å². The van der Waals surface area contributed by atoms with E-state index in [4.69, 9.17) is 9.47 Å². The highest BCUT2D eigenvalue weighted by Crippen LogP contribution is 2.36. The number of nitrogens with one attached hydrogen (secondary N) is 2. The third kappa shape index (κ3) is 6.73. The van der Waals surface area contributed by atoms with Crippen molar-refractivity contribution in [3.8, 4) is 5.75 Å². The summed E-state index contributed by atoms with van der Waals surface area (Å²) >= 11 is 0. The van der Waals surface area contributed by atoms with Crippen LogP contribution in [0.15, 0.2) is 41.6 Å². The van der Waals surface area contributed by atoms with Crippen molar-refractivity contribution in [2.75, 3.05) is 51.9 Å². The van der Waals surface area contributed by atoms with Gasteiger partial charge in [0.1, 0.15) is 18.5 Å². The van der Waals surface area contributed by atoms with Crippen molar-refractivity contribution in [2.24, 2.45) is 0 Å². The van der Waals surface area contributed by atoms with Crippen molar-refractivity contribution in [3.63, 3.8) is 0 Å². The molecule has 0 saturated carbocycles. The SMILES string of the molecule is CNS(=O)(=O)c1cccc(OC[C@@H](O)CN[C@H]2COC3(CCN(c4ncc(C(=O)OC)cn4)CC3)C2)c1. The molecular formula is C24H33N5O7S. The fourth-order valence-corrected chi connectivity index (χ4v) is 5.31. The molecule has 37 heavy (non-hydrogen) atoms. The normalized spacial score (nSPS) is 20.1. The molecule has 0 bridgehead atoms. The Morgan fingerprint density at radius 3 is 2.70 bits per heavy atom. The lowest BCUT2D eigenvalue weighted by Gasteiger charge is -2.38. The van der Waals surface area contributed by atoms with Crippen molar-refractivity contribution in [3.05, 3.63) is 42.2 Å². The largest absolute Gasteiger partial charge is 0.491 e. The monoisotopic (exact) mass is 535 g/mol. The van der Waals surface area contributed by atoms with E-state index in [1.807, 2.05) is 0 Å². The van der Waals surface area contributed by atoms with Crippen molar-refractivity contribution < 1.29 is 32.5 Å². The molecule has 2 atom stereocenters. The smallest absolute Gasteiger partial charge is 0.341 e. The first-order valence-electron chi connectivity index (χ1n) is 12.1. The Morgan fingerprint density at radius 1 is 1.30 bits per heavy atom. The summed E-state index contributed by atoms with van der Waals surface area (Å²) in [5.41, 5.74) is 0.0940. The molecule has 3 heterocycles. The minimum Gasteiger partial charge on any atom is -0.491 e. The van der Waals surface area contributed by atoms with Gasteiger partial charge in [-0.1, -0.05) is 6.07 Å². The van der Waals surface area contributed by atoms with Crippen LogP contribution in [0.25, 0.3) is 0 Å². The molecule has 2 aromatic rings. The standard InChI is InChI=1S/C24H33N5O7S/c1-25-37(32,33)21-5-3-4-20(10-21)35-16-19(30)14-26-18-11-24(36-15-18)6-8-29(9-7-24)23-27-12-17(13-28-23)22(31)34-2/h3-5,10,12-13,18-19,25-26,30H,6-9,11,14-16H2,1-2H3/t18-,19+/m1/s1. The fourth-order valence-electron chi connectivity index (χ4n) is 4.55. The van der Waals surface area contributed by atoms with E-state index in [1.165, 1.54) is 38.7 Å². The van der Waals surface area contributed by atoms with Crippen LogP contribution in [0.3, 0.4) is 0 Å². The highest BCUT2D eigenvalue weighted by atomic mass is 32.2. The Morgan fingerprint density at radius 2 is 2.03 bits per heavy atom. The van der Waals surface area contributed by atoms with E-state index < -0.39 is 22.1 Å². The molecule has 2 saturated heterocycles. The molecule has 2 aliphatic rings. The van der Waals surface area contributed by atoms with E-state index in [9.17, 15) is 18.3 Å². The second-order valence-electron chi connectivity index (χ2n) is 9.20. The predicted octanol–water partition coefficient (Wildman–Crippen LogP) is 0.329. The minimum atomic E-state index is -3.57. The summed E-state index contributed by atoms with van der Waals surface area (Å²) in [7, 11) is -0.899. The number of carbonyl (C=O) groups is 1. The molecule has 12 nitrogen and oxygen atoms in total. The number of carbonyl (C=O) groups excluding carboxylic acids is 1. The zero-order chi connectivity index (χ0) is 26.5. The molecule has 0 amide bonds. The number of sulfonamides is 1. The van der Waals surface area contributed by atoms with Gasteiger partial charge in [0.15, 0.2) is 0 Å². The molecule has 2 aliphatic heterocycles. The number of aliphatic hydroxyl groups excluding tert-OH is 1. The first-order chi connectivity index (χ1) is 17.7. The summed E-state index contributed by atoms with van der Waals surface area (Å²) < 4.78 is 42.6. The highest BCUT2D eigenvalue weighted by molar-refractivity contribution is 7.89. The fraction of sp³-hybridized carbons (Fsp3) is 0.542. The number of aliphatic hydroxyl groups is 1. The van der Waals surface area contributed by atoms with Gasteiger partial charge in [-0.25, -0.2) is 27.9 Å². The number of anilines is 1. The van der Waals surface area contributed by atoms with Crippen molar-refractivity contribution >= 4 is 21.9 Å². The van der Waals surface area contributed by atoms with Crippen LogP contribution in [-0.2, 0) is 19.5 Å². The number of piperidine rings is 1. The van der Waals surface area contributed by atoms with Crippen molar-refractivity contribution in [1.29, 1.82) is 0 Å². The number of benzene rings is 1. The quantitative estimate of drug-likeness (QED) is 0.361. The van der Waals surface area contributed by atoms with E-state index in [0.29, 0.717) is 30.4 Å². The molecule has 13 heteroatoms. The van der Waals surface area contributed by atoms with Crippen LogP contribution >= 0.6 is 0 Å². The molecule has 0 aliphatic carbocycles. The number of nitrogens with zero attached hydrogens (tertiary/aromatic N) is 3. The first-order valence-corrected chi connectivity index (χ1v) is 13.6. The van der Waals surface area contributed by atoms with Gasteiger partial charge in [0.05, 0.1) is 29.8 Å². The Labute approximate surface area is 216 Å². The van der Waals surface area contributed by atoms with Crippen LogP contribution in [0.5, 0.6) is 5.75 Å². The van der Waals surface area contributed by atoms with E-state index in [-0.39, 0.29) is 23.1 Å². The number of ether oxygens (including phenoxy) is 3. The van der Waals surface area contributed by atoms with E-state index >= 15 is 0 Å². The highest BCUT2D eigenvalue weighted by Gasteiger charge is 2.43. The van der Waals surface area contributed by atoms with Gasteiger partial charge in [-0.3, -0.25) is 0 Å². The molecule has 3 N–H and O–H groups in total. The number of methoxy groups -OCH3 is 1. The van der Waals surface area contributed by atoms with Crippen LogP contribution < -0.4 is 19.7 Å². The molecular weight excluding hydrogens is 502 g/mol. The molecule has 1 aromatic carbocycles. The number of aromatic nitrogens is 2. The lowest BCUT2D eigenvalue weighted by molar-refractivity contribution is -0.0152. The average Bonchev–Trinajstić information content (AvgIpc) is 3.33. The zero-order valence-electron chi connectivity index (χ0n) is 20.9. The first kappa shape index (κ1) is 27.2. The topological polar surface area (TPSA) is 152 Å². The van der Waals surface area contributed by atoms with Gasteiger partial charge >= 0.3 is 5.97 Å². The van der Waals surface area contributed by atoms with Gasteiger partial charge in [0.2, 0.25) is 16.0 Å². The molecule has 0 radical (unpaired) electrons. The zero-order valence-corrected chi connectivity index (χ0v) is 21.7. The second kappa shape index (κ2) is 11.7. The Kier molecular flexibility index (Phi) is 8.60. The van der Waals surface area contributed by atoms with E-state index in [1.54, 1.807) is 12.1 Å². The number of rotatable bonds is 10. The average molecular weight is 536 g/mol. The maximum atomic E-state index is 11.9. The van der Waals surface area contributed by atoms with Gasteiger partial charge < -0.3 is 29.5 Å². The van der Waals surface area contributed by atoms with Gasteiger partial charge in [-0.05, 0) is 38.4 Å². The van der Waals surface area contributed by atoms with Crippen molar-refractivity contribution in [1.82, 2.24) is 20.0 Å². The predicted molar refractivity (Wildman–Crippen MR) is 134 cm³/mol. The maximum absolute atomic E-state index is 11.9. The molecule has 0 unspecified atom stereocenters. The summed E-state index contributed by atoms with van der Waals surface area (Å²) in [5, 5.41) is 13.7. The Bertz CT molecular complexity index is 1170. The minimum absolute atomic E-state index is 0.0263. The van der Waals surface area contributed by atoms with Crippen LogP contribution in [0.1, 0.15) is 29.6 Å². The summed E-state index contributed by atoms with van der Waals surface area (Å²) in [6.07, 6.45) is 4.66. The van der Waals surface area contributed by atoms with E-state index in [2.05, 4.69) is 29.6 Å². The summed E-state index contributed by atoms with van der Waals surface area (Å²) in [6.45, 7) is 2.39. The van der Waals surface area contributed by atoms with Crippen LogP contribution in [-0.4, -0.2) is 94.2 Å². The molecule has 2 fully saturated rings. The van der Waals surface area contributed by atoms with Gasteiger partial charge in [-0.15, -0.1) is 0 Å². The molecule has 1 aromatic heterocycles. The van der Waals surface area contributed by atoms with Gasteiger partial charge in [0.25, 0.3) is 0 Å². The summed E-state index contributed by atoms with van der Waals surface area (Å²) in [5.74, 6) is 0.481. The third-order valence-corrected chi connectivity index (χ3v) is 8.11. The molecule has 202 valence electrons. The lowest BCUT2D eigenvalue weighted by atomic mass is 9.87. The van der Waals surface area contributed by atoms with Crippen molar-refractivity contribution in [2.45, 2.75) is 41.9 Å². The number of hydrogen-bond donors (Lipinski definition) is 3. The van der Waals surface area contributed by atoms with Gasteiger partial charge in [-0.2, -0.15) is 0 Å². The number of hydrogen-bond acceptors (Lipinski definition) is 11. The molecule has 1 spiro atoms.